The van der Waals surface area contributed by atoms with Gasteiger partial charge in [0, 0.05) is 11.1 Å². The van der Waals surface area contributed by atoms with Crippen LogP contribution in [0, 0.1) is 6.92 Å². The number of benzene rings is 3. The van der Waals surface area contributed by atoms with Gasteiger partial charge in [-0.3, -0.25) is 10.4 Å². The first-order valence-corrected chi connectivity index (χ1v) is 9.73. The highest BCUT2D eigenvalue weighted by molar-refractivity contribution is 5.92. The standard InChI is InChI=1S/C25H23N3O2/c1-18-14-23(21-10-6-7-11-22(21)27-18)28-26-16-20-12-13-24(25(15-20)29-2)30-17-19-8-4-3-5-9-19/h3-16H,17H2,1-2H3,(H,27,28)/b26-16+. The minimum absolute atomic E-state index is 0.487. The Bertz CT molecular complexity index is 1170. The van der Waals surface area contributed by atoms with Gasteiger partial charge in [-0.15, -0.1) is 0 Å². The summed E-state index contributed by atoms with van der Waals surface area (Å²) >= 11 is 0. The summed E-state index contributed by atoms with van der Waals surface area (Å²) < 4.78 is 11.4. The van der Waals surface area contributed by atoms with Crippen LogP contribution in [0.15, 0.2) is 84.0 Å². The first-order valence-electron chi connectivity index (χ1n) is 9.73. The molecule has 0 unspecified atom stereocenters. The topological polar surface area (TPSA) is 55.7 Å². The molecular formula is C25H23N3O2. The van der Waals surface area contributed by atoms with Crippen LogP contribution >= 0.6 is 0 Å². The highest BCUT2D eigenvalue weighted by Crippen LogP contribution is 2.28. The summed E-state index contributed by atoms with van der Waals surface area (Å²) in [7, 11) is 1.63. The summed E-state index contributed by atoms with van der Waals surface area (Å²) in [5, 5.41) is 5.43. The molecule has 0 atom stereocenters. The number of hydrogen-bond donors (Lipinski definition) is 1. The van der Waals surface area contributed by atoms with Gasteiger partial charge in [0.2, 0.25) is 0 Å². The van der Waals surface area contributed by atoms with Crippen molar-refractivity contribution < 1.29 is 9.47 Å². The molecule has 4 aromatic rings. The molecule has 0 aliphatic carbocycles. The van der Waals surface area contributed by atoms with Crippen molar-refractivity contribution in [2.24, 2.45) is 5.10 Å². The summed E-state index contributed by atoms with van der Waals surface area (Å²) in [5.74, 6) is 1.36. The molecule has 5 nitrogen and oxygen atoms in total. The Kier molecular flexibility index (Phi) is 5.90. The molecule has 0 saturated carbocycles. The highest BCUT2D eigenvalue weighted by Gasteiger charge is 2.06. The van der Waals surface area contributed by atoms with Gasteiger partial charge in [0.15, 0.2) is 11.5 Å². The van der Waals surface area contributed by atoms with Crippen molar-refractivity contribution in [3.8, 4) is 11.5 Å². The first kappa shape index (κ1) is 19.5. The predicted molar refractivity (Wildman–Crippen MR) is 121 cm³/mol. The smallest absolute Gasteiger partial charge is 0.161 e. The largest absolute Gasteiger partial charge is 0.493 e. The number of aromatic nitrogens is 1. The van der Waals surface area contributed by atoms with Crippen LogP contribution in [0.5, 0.6) is 11.5 Å². The molecule has 3 aromatic carbocycles. The summed E-state index contributed by atoms with van der Waals surface area (Å²) in [4.78, 5) is 4.55. The van der Waals surface area contributed by atoms with Crippen molar-refractivity contribution >= 4 is 22.8 Å². The zero-order valence-electron chi connectivity index (χ0n) is 17.0. The molecule has 0 saturated heterocycles. The summed E-state index contributed by atoms with van der Waals surface area (Å²) in [5.41, 5.74) is 7.94. The minimum atomic E-state index is 0.487. The van der Waals surface area contributed by atoms with Gasteiger partial charge in [-0.2, -0.15) is 5.10 Å². The van der Waals surface area contributed by atoms with E-state index in [1.54, 1.807) is 13.3 Å². The number of pyridine rings is 1. The van der Waals surface area contributed by atoms with Crippen LogP contribution in [-0.2, 0) is 6.61 Å². The summed E-state index contributed by atoms with van der Waals surface area (Å²) in [6.45, 7) is 2.46. The number of ether oxygens (including phenoxy) is 2. The third kappa shape index (κ3) is 4.58. The van der Waals surface area contributed by atoms with Crippen molar-refractivity contribution in [1.29, 1.82) is 0 Å². The van der Waals surface area contributed by atoms with Gasteiger partial charge in [0.25, 0.3) is 0 Å². The van der Waals surface area contributed by atoms with E-state index in [-0.39, 0.29) is 0 Å². The SMILES string of the molecule is COc1cc(/C=N/Nc2cc(C)nc3ccccc23)ccc1OCc1ccccc1. The molecule has 0 spiro atoms. The number of hydrogen-bond acceptors (Lipinski definition) is 5. The van der Waals surface area contributed by atoms with Gasteiger partial charge in [0.1, 0.15) is 6.61 Å². The number of nitrogens with one attached hydrogen (secondary N) is 1. The van der Waals surface area contributed by atoms with Gasteiger partial charge in [0.05, 0.1) is 24.5 Å². The molecule has 150 valence electrons. The number of rotatable bonds is 7. The van der Waals surface area contributed by atoms with E-state index in [1.165, 1.54) is 0 Å². The molecule has 0 bridgehead atoms. The maximum Gasteiger partial charge on any atom is 0.161 e. The summed E-state index contributed by atoms with van der Waals surface area (Å²) in [6.07, 6.45) is 1.76. The van der Waals surface area contributed by atoms with Crippen LogP contribution in [0.1, 0.15) is 16.8 Å². The normalized spacial score (nSPS) is 11.0. The molecule has 1 aromatic heterocycles. The molecule has 4 rings (SSSR count). The van der Waals surface area contributed by atoms with Gasteiger partial charge < -0.3 is 9.47 Å². The Morgan fingerprint density at radius 3 is 2.57 bits per heavy atom. The predicted octanol–water partition coefficient (Wildman–Crippen LogP) is 5.58. The van der Waals surface area contributed by atoms with Crippen molar-refractivity contribution in [2.75, 3.05) is 12.5 Å². The fourth-order valence-corrected chi connectivity index (χ4v) is 3.20. The molecule has 0 radical (unpaired) electrons. The van der Waals surface area contributed by atoms with Crippen LogP contribution in [0.4, 0.5) is 5.69 Å². The Morgan fingerprint density at radius 2 is 1.73 bits per heavy atom. The zero-order valence-corrected chi connectivity index (χ0v) is 17.0. The second kappa shape index (κ2) is 9.09. The van der Waals surface area contributed by atoms with Crippen LogP contribution in [0.2, 0.25) is 0 Å². The number of anilines is 1. The molecular weight excluding hydrogens is 374 g/mol. The van der Waals surface area contributed by atoms with E-state index in [4.69, 9.17) is 9.47 Å². The molecule has 5 heteroatoms. The van der Waals surface area contributed by atoms with Gasteiger partial charge in [-0.1, -0.05) is 48.5 Å². The third-order valence-corrected chi connectivity index (χ3v) is 4.67. The molecule has 30 heavy (non-hydrogen) atoms. The molecule has 1 heterocycles. The van der Waals surface area contributed by atoms with E-state index in [9.17, 15) is 0 Å². The number of hydrazone groups is 1. The summed E-state index contributed by atoms with van der Waals surface area (Å²) in [6, 6.07) is 25.8. The number of aryl methyl sites for hydroxylation is 1. The van der Waals surface area contributed by atoms with E-state index in [1.807, 2.05) is 85.8 Å². The second-order valence-electron chi connectivity index (χ2n) is 6.88. The third-order valence-electron chi connectivity index (χ3n) is 4.67. The Morgan fingerprint density at radius 1 is 0.933 bits per heavy atom. The van der Waals surface area contributed by atoms with Crippen molar-refractivity contribution in [1.82, 2.24) is 4.98 Å². The van der Waals surface area contributed by atoms with Crippen LogP contribution in [0.25, 0.3) is 10.9 Å². The number of methoxy groups -OCH3 is 1. The Hall–Kier alpha value is -3.86. The maximum absolute atomic E-state index is 5.91. The highest BCUT2D eigenvalue weighted by atomic mass is 16.5. The van der Waals surface area contributed by atoms with Crippen molar-refractivity contribution in [2.45, 2.75) is 13.5 Å². The Balaban J connectivity index is 1.48. The maximum atomic E-state index is 5.91. The van der Waals surface area contributed by atoms with Gasteiger partial charge >= 0.3 is 0 Å². The first-order chi connectivity index (χ1) is 14.7. The number of para-hydroxylation sites is 1. The van der Waals surface area contributed by atoms with Gasteiger partial charge in [-0.05, 0) is 48.4 Å². The molecule has 1 N–H and O–H groups in total. The monoisotopic (exact) mass is 397 g/mol. The van der Waals surface area contributed by atoms with Crippen LogP contribution in [0.3, 0.4) is 0 Å². The quantitative estimate of drug-likeness (QED) is 0.327. The van der Waals surface area contributed by atoms with E-state index < -0.39 is 0 Å². The van der Waals surface area contributed by atoms with E-state index in [0.717, 1.165) is 33.4 Å². The molecule has 0 aliphatic heterocycles. The number of nitrogens with zero attached hydrogens (tertiary/aromatic N) is 2. The van der Waals surface area contributed by atoms with Crippen molar-refractivity contribution in [3.05, 3.63) is 95.7 Å². The van der Waals surface area contributed by atoms with Crippen molar-refractivity contribution in [3.63, 3.8) is 0 Å². The van der Waals surface area contributed by atoms with E-state index in [0.29, 0.717) is 18.1 Å². The second-order valence-corrected chi connectivity index (χ2v) is 6.88. The lowest BCUT2D eigenvalue weighted by molar-refractivity contribution is 0.284. The lowest BCUT2D eigenvalue weighted by atomic mass is 10.1. The fourth-order valence-electron chi connectivity index (χ4n) is 3.20. The van der Waals surface area contributed by atoms with Crippen LogP contribution < -0.4 is 14.9 Å². The fraction of sp³-hybridized carbons (Fsp3) is 0.120. The molecule has 0 fully saturated rings. The van der Waals surface area contributed by atoms with E-state index in [2.05, 4.69) is 15.5 Å². The van der Waals surface area contributed by atoms with Gasteiger partial charge in [-0.25, -0.2) is 0 Å². The lowest BCUT2D eigenvalue weighted by Gasteiger charge is -2.11. The zero-order chi connectivity index (χ0) is 20.8. The Labute approximate surface area is 176 Å². The minimum Gasteiger partial charge on any atom is -0.493 e. The number of fused-ring (bicyclic) bond motifs is 1. The average Bonchev–Trinajstić information content (AvgIpc) is 2.78. The molecule has 0 aliphatic rings. The lowest BCUT2D eigenvalue weighted by Crippen LogP contribution is -1.99. The average molecular weight is 397 g/mol. The van der Waals surface area contributed by atoms with E-state index >= 15 is 0 Å². The van der Waals surface area contributed by atoms with Crippen LogP contribution in [-0.4, -0.2) is 18.3 Å². The molecule has 0 amide bonds.